The maximum absolute atomic E-state index is 6.18. The van der Waals surface area contributed by atoms with Crippen molar-refractivity contribution in [2.75, 3.05) is 6.54 Å². The molecule has 0 aliphatic carbocycles. The van der Waals surface area contributed by atoms with Crippen molar-refractivity contribution in [3.05, 3.63) is 40.2 Å². The molecule has 0 radical (unpaired) electrons. The molecule has 21 heavy (non-hydrogen) atoms. The molecule has 1 aromatic carbocycles. The minimum Gasteiger partial charge on any atom is -0.313 e. The molecule has 0 saturated carbocycles. The number of nitrogens with zero attached hydrogens (tertiary/aromatic N) is 2. The van der Waals surface area contributed by atoms with Crippen molar-refractivity contribution in [2.24, 2.45) is 0 Å². The molecule has 0 bridgehead atoms. The van der Waals surface area contributed by atoms with Crippen LogP contribution < -0.4 is 5.32 Å². The summed E-state index contributed by atoms with van der Waals surface area (Å²) in [5.74, 6) is 0. The third kappa shape index (κ3) is 3.47. The van der Waals surface area contributed by atoms with Crippen LogP contribution in [0.5, 0.6) is 0 Å². The van der Waals surface area contributed by atoms with Crippen LogP contribution in [0.2, 0.25) is 5.02 Å². The predicted octanol–water partition coefficient (Wildman–Crippen LogP) is 4.34. The molecule has 0 unspecified atom stereocenters. The lowest BCUT2D eigenvalue weighted by Gasteiger charge is -2.12. The molecule has 3 nitrogen and oxygen atoms in total. The van der Waals surface area contributed by atoms with E-state index in [0.717, 1.165) is 36.8 Å². The first-order valence-corrected chi connectivity index (χ1v) is 7.99. The smallest absolute Gasteiger partial charge is 0.0675 e. The van der Waals surface area contributed by atoms with Gasteiger partial charge in [-0.25, -0.2) is 0 Å². The molecule has 1 N–H and O–H groups in total. The van der Waals surface area contributed by atoms with Gasteiger partial charge in [0.05, 0.1) is 5.69 Å². The fourth-order valence-corrected chi connectivity index (χ4v) is 2.94. The maximum Gasteiger partial charge on any atom is 0.0675 e. The van der Waals surface area contributed by atoms with Crippen molar-refractivity contribution in [3.8, 4) is 11.1 Å². The highest BCUT2D eigenvalue weighted by molar-refractivity contribution is 6.30. The summed E-state index contributed by atoms with van der Waals surface area (Å²) < 4.78 is 2.06. The van der Waals surface area contributed by atoms with Gasteiger partial charge in [-0.2, -0.15) is 5.10 Å². The van der Waals surface area contributed by atoms with Crippen LogP contribution in [0, 0.1) is 13.8 Å². The van der Waals surface area contributed by atoms with Crippen molar-refractivity contribution in [3.63, 3.8) is 0 Å². The van der Waals surface area contributed by atoms with Gasteiger partial charge in [0.25, 0.3) is 0 Å². The first-order valence-electron chi connectivity index (χ1n) is 7.62. The SMILES string of the molecule is CCCNCc1cc(Cl)ccc1-c1c(C)nn(CC)c1C. The Morgan fingerprint density at radius 2 is 2.00 bits per heavy atom. The fourth-order valence-electron chi connectivity index (χ4n) is 2.75. The summed E-state index contributed by atoms with van der Waals surface area (Å²) in [4.78, 5) is 0. The van der Waals surface area contributed by atoms with Gasteiger partial charge in [-0.05, 0) is 57.0 Å². The molecule has 0 saturated heterocycles. The monoisotopic (exact) mass is 305 g/mol. The summed E-state index contributed by atoms with van der Waals surface area (Å²) in [7, 11) is 0. The van der Waals surface area contributed by atoms with Crippen LogP contribution in [-0.4, -0.2) is 16.3 Å². The molecule has 4 heteroatoms. The lowest BCUT2D eigenvalue weighted by atomic mass is 9.98. The molecule has 0 fully saturated rings. The standard InChI is InChI=1S/C17H24ClN3/c1-5-9-19-11-14-10-15(18)7-8-16(14)17-12(3)20-21(6-2)13(17)4/h7-8,10,19H,5-6,9,11H2,1-4H3. The molecule has 0 aliphatic rings. The predicted molar refractivity (Wildman–Crippen MR) is 89.8 cm³/mol. The second-order valence-electron chi connectivity index (χ2n) is 5.34. The lowest BCUT2D eigenvalue weighted by molar-refractivity contribution is 0.634. The Morgan fingerprint density at radius 3 is 2.62 bits per heavy atom. The number of aromatic nitrogens is 2. The third-order valence-corrected chi connectivity index (χ3v) is 3.99. The number of nitrogens with one attached hydrogen (secondary N) is 1. The summed E-state index contributed by atoms with van der Waals surface area (Å²) in [6.45, 7) is 11.2. The second kappa shape index (κ2) is 7.10. The summed E-state index contributed by atoms with van der Waals surface area (Å²) in [6.07, 6.45) is 1.13. The number of hydrogen-bond acceptors (Lipinski definition) is 2. The van der Waals surface area contributed by atoms with E-state index >= 15 is 0 Å². The van der Waals surface area contributed by atoms with E-state index < -0.39 is 0 Å². The van der Waals surface area contributed by atoms with Crippen LogP contribution >= 0.6 is 11.6 Å². The van der Waals surface area contributed by atoms with Gasteiger partial charge in [0.2, 0.25) is 0 Å². The van der Waals surface area contributed by atoms with Crippen molar-refractivity contribution >= 4 is 11.6 Å². The van der Waals surface area contributed by atoms with Crippen molar-refractivity contribution in [1.82, 2.24) is 15.1 Å². The van der Waals surface area contributed by atoms with Gasteiger partial charge in [-0.3, -0.25) is 4.68 Å². The Hall–Kier alpha value is -1.32. The zero-order chi connectivity index (χ0) is 15.4. The van der Waals surface area contributed by atoms with E-state index in [0.29, 0.717) is 0 Å². The van der Waals surface area contributed by atoms with E-state index in [1.165, 1.54) is 22.4 Å². The average Bonchev–Trinajstić information content (AvgIpc) is 2.74. The Balaban J connectivity index is 2.45. The zero-order valence-corrected chi connectivity index (χ0v) is 14.1. The molecule has 0 aliphatic heterocycles. The lowest BCUT2D eigenvalue weighted by Crippen LogP contribution is -2.14. The number of rotatable bonds is 6. The van der Waals surface area contributed by atoms with Crippen LogP contribution in [0.3, 0.4) is 0 Å². The van der Waals surface area contributed by atoms with Crippen molar-refractivity contribution in [2.45, 2.75) is 47.2 Å². The maximum atomic E-state index is 6.18. The molecule has 2 aromatic rings. The third-order valence-electron chi connectivity index (χ3n) is 3.76. The number of aryl methyl sites for hydroxylation is 2. The second-order valence-corrected chi connectivity index (χ2v) is 5.78. The largest absolute Gasteiger partial charge is 0.313 e. The van der Waals surface area contributed by atoms with Gasteiger partial charge in [-0.1, -0.05) is 24.6 Å². The molecule has 1 heterocycles. The molecule has 0 spiro atoms. The van der Waals surface area contributed by atoms with E-state index in [9.17, 15) is 0 Å². The average molecular weight is 306 g/mol. The number of hydrogen-bond donors (Lipinski definition) is 1. The van der Waals surface area contributed by atoms with Gasteiger partial charge < -0.3 is 5.32 Å². The molecular weight excluding hydrogens is 282 g/mol. The Kier molecular flexibility index (Phi) is 5.43. The molecular formula is C17H24ClN3. The summed E-state index contributed by atoms with van der Waals surface area (Å²) in [5.41, 5.74) is 6.00. The first-order chi connectivity index (χ1) is 10.1. The number of halogens is 1. The van der Waals surface area contributed by atoms with Crippen LogP contribution in [0.25, 0.3) is 11.1 Å². The van der Waals surface area contributed by atoms with E-state index in [-0.39, 0.29) is 0 Å². The molecule has 0 atom stereocenters. The Bertz CT molecular complexity index is 617. The van der Waals surface area contributed by atoms with E-state index in [4.69, 9.17) is 11.6 Å². The van der Waals surface area contributed by atoms with Gasteiger partial charge >= 0.3 is 0 Å². The summed E-state index contributed by atoms with van der Waals surface area (Å²) in [6, 6.07) is 6.13. The summed E-state index contributed by atoms with van der Waals surface area (Å²) >= 11 is 6.18. The fraction of sp³-hybridized carbons (Fsp3) is 0.471. The molecule has 1 aromatic heterocycles. The highest BCUT2D eigenvalue weighted by atomic mass is 35.5. The van der Waals surface area contributed by atoms with Gasteiger partial charge in [0, 0.05) is 29.4 Å². The molecule has 2 rings (SSSR count). The van der Waals surface area contributed by atoms with Crippen LogP contribution in [0.4, 0.5) is 0 Å². The highest BCUT2D eigenvalue weighted by Crippen LogP contribution is 2.31. The Labute approximate surface area is 132 Å². The molecule has 0 amide bonds. The summed E-state index contributed by atoms with van der Waals surface area (Å²) in [5, 5.41) is 8.87. The van der Waals surface area contributed by atoms with Gasteiger partial charge in [0.15, 0.2) is 0 Å². The van der Waals surface area contributed by atoms with Gasteiger partial charge in [0.1, 0.15) is 0 Å². The highest BCUT2D eigenvalue weighted by Gasteiger charge is 2.15. The van der Waals surface area contributed by atoms with Crippen LogP contribution in [-0.2, 0) is 13.1 Å². The first kappa shape index (κ1) is 16.1. The minimum absolute atomic E-state index is 0.783. The van der Waals surface area contributed by atoms with Crippen molar-refractivity contribution < 1.29 is 0 Å². The normalized spacial score (nSPS) is 11.1. The number of benzene rings is 1. The van der Waals surface area contributed by atoms with E-state index in [1.54, 1.807) is 0 Å². The van der Waals surface area contributed by atoms with E-state index in [1.807, 2.05) is 6.07 Å². The van der Waals surface area contributed by atoms with Crippen molar-refractivity contribution in [1.29, 1.82) is 0 Å². The minimum atomic E-state index is 0.783. The van der Waals surface area contributed by atoms with Gasteiger partial charge in [-0.15, -0.1) is 0 Å². The van der Waals surface area contributed by atoms with Crippen LogP contribution in [0.1, 0.15) is 37.2 Å². The topological polar surface area (TPSA) is 29.9 Å². The Morgan fingerprint density at radius 1 is 1.24 bits per heavy atom. The zero-order valence-electron chi connectivity index (χ0n) is 13.3. The quantitative estimate of drug-likeness (QED) is 0.805. The van der Waals surface area contributed by atoms with E-state index in [2.05, 4.69) is 54.9 Å². The molecule has 114 valence electrons. The van der Waals surface area contributed by atoms with Crippen LogP contribution in [0.15, 0.2) is 18.2 Å².